The summed E-state index contributed by atoms with van der Waals surface area (Å²) in [5.41, 5.74) is 6.93. The van der Waals surface area contributed by atoms with Gasteiger partial charge in [-0.05, 0) is 29.8 Å². The molecule has 102 valence electrons. The molecule has 0 saturated heterocycles. The Morgan fingerprint density at radius 3 is 2.68 bits per heavy atom. The first kappa shape index (κ1) is 13.8. The molecule has 0 aromatic heterocycles. The molecule has 2 N–H and O–H groups in total. The standard InChI is InChI=1S/C16H21NO2/c1-18-11-4-12-19-16-8-7-13-5-2-3-6-14(13)15(16)9-10-17/h2-3,5-8H,4,9-12,17H2,1H3. The van der Waals surface area contributed by atoms with Crippen LogP contribution in [0, 0.1) is 0 Å². The molecule has 0 bridgehead atoms. The smallest absolute Gasteiger partial charge is 0.123 e. The van der Waals surface area contributed by atoms with Crippen molar-refractivity contribution in [3.63, 3.8) is 0 Å². The Kier molecular flexibility index (Phi) is 5.19. The van der Waals surface area contributed by atoms with Crippen molar-refractivity contribution < 1.29 is 9.47 Å². The van der Waals surface area contributed by atoms with Crippen molar-refractivity contribution in [1.29, 1.82) is 0 Å². The predicted octanol–water partition coefficient (Wildman–Crippen LogP) is 2.76. The minimum absolute atomic E-state index is 0.627. The fourth-order valence-electron chi connectivity index (χ4n) is 2.24. The number of hydrogen-bond acceptors (Lipinski definition) is 3. The molecule has 0 fully saturated rings. The van der Waals surface area contributed by atoms with E-state index in [1.165, 1.54) is 16.3 Å². The van der Waals surface area contributed by atoms with Gasteiger partial charge < -0.3 is 15.2 Å². The van der Waals surface area contributed by atoms with Crippen molar-refractivity contribution in [2.24, 2.45) is 5.73 Å². The largest absolute Gasteiger partial charge is 0.493 e. The van der Waals surface area contributed by atoms with Crippen LogP contribution in [-0.4, -0.2) is 26.9 Å². The highest BCUT2D eigenvalue weighted by atomic mass is 16.5. The Bertz CT molecular complexity index is 525. The van der Waals surface area contributed by atoms with Gasteiger partial charge in [-0.2, -0.15) is 0 Å². The van der Waals surface area contributed by atoms with Crippen molar-refractivity contribution in [3.8, 4) is 5.75 Å². The Labute approximate surface area is 114 Å². The van der Waals surface area contributed by atoms with Gasteiger partial charge in [0.2, 0.25) is 0 Å². The van der Waals surface area contributed by atoms with Gasteiger partial charge in [0.25, 0.3) is 0 Å². The number of hydrogen-bond donors (Lipinski definition) is 1. The Morgan fingerprint density at radius 1 is 1.05 bits per heavy atom. The van der Waals surface area contributed by atoms with Gasteiger partial charge in [0.1, 0.15) is 5.75 Å². The third-order valence-electron chi connectivity index (χ3n) is 3.14. The van der Waals surface area contributed by atoms with Crippen molar-refractivity contribution in [1.82, 2.24) is 0 Å². The fourth-order valence-corrected chi connectivity index (χ4v) is 2.24. The lowest BCUT2D eigenvalue weighted by molar-refractivity contribution is 0.172. The van der Waals surface area contributed by atoms with Crippen LogP contribution in [0.3, 0.4) is 0 Å². The van der Waals surface area contributed by atoms with Gasteiger partial charge in [0, 0.05) is 25.7 Å². The maximum atomic E-state index is 5.86. The van der Waals surface area contributed by atoms with Gasteiger partial charge in [0.15, 0.2) is 0 Å². The van der Waals surface area contributed by atoms with E-state index < -0.39 is 0 Å². The van der Waals surface area contributed by atoms with Crippen molar-refractivity contribution >= 4 is 10.8 Å². The molecule has 0 atom stereocenters. The Hall–Kier alpha value is -1.58. The molecule has 0 heterocycles. The molecule has 0 amide bonds. The third-order valence-corrected chi connectivity index (χ3v) is 3.14. The van der Waals surface area contributed by atoms with Gasteiger partial charge in [-0.3, -0.25) is 0 Å². The van der Waals surface area contributed by atoms with Crippen LogP contribution in [0.1, 0.15) is 12.0 Å². The number of rotatable bonds is 7. The third kappa shape index (κ3) is 3.46. The van der Waals surface area contributed by atoms with E-state index in [9.17, 15) is 0 Å². The molecular formula is C16H21NO2. The predicted molar refractivity (Wildman–Crippen MR) is 78.7 cm³/mol. The number of nitrogens with two attached hydrogens (primary N) is 1. The highest BCUT2D eigenvalue weighted by molar-refractivity contribution is 5.87. The lowest BCUT2D eigenvalue weighted by Crippen LogP contribution is -2.07. The zero-order chi connectivity index (χ0) is 13.5. The lowest BCUT2D eigenvalue weighted by atomic mass is 10.0. The Morgan fingerprint density at radius 2 is 1.89 bits per heavy atom. The highest BCUT2D eigenvalue weighted by Crippen LogP contribution is 2.28. The maximum absolute atomic E-state index is 5.86. The summed E-state index contributed by atoms with van der Waals surface area (Å²) >= 11 is 0. The molecule has 0 aliphatic heterocycles. The molecule has 19 heavy (non-hydrogen) atoms. The molecule has 0 aliphatic rings. The van der Waals surface area contributed by atoms with Gasteiger partial charge in [-0.1, -0.05) is 30.3 Å². The van der Waals surface area contributed by atoms with Gasteiger partial charge in [-0.15, -0.1) is 0 Å². The van der Waals surface area contributed by atoms with Crippen molar-refractivity contribution in [3.05, 3.63) is 42.0 Å². The van der Waals surface area contributed by atoms with E-state index >= 15 is 0 Å². The summed E-state index contributed by atoms with van der Waals surface area (Å²) < 4.78 is 10.9. The molecule has 0 unspecified atom stereocenters. The second kappa shape index (κ2) is 7.12. The normalized spacial score (nSPS) is 10.8. The number of ether oxygens (including phenoxy) is 2. The number of methoxy groups -OCH3 is 1. The van der Waals surface area contributed by atoms with E-state index in [0.29, 0.717) is 13.2 Å². The average Bonchev–Trinajstić information content (AvgIpc) is 2.45. The minimum atomic E-state index is 0.627. The van der Waals surface area contributed by atoms with Gasteiger partial charge >= 0.3 is 0 Å². The van der Waals surface area contributed by atoms with Crippen LogP contribution >= 0.6 is 0 Å². The Balaban J connectivity index is 2.24. The van der Waals surface area contributed by atoms with E-state index in [4.69, 9.17) is 15.2 Å². The lowest BCUT2D eigenvalue weighted by Gasteiger charge is -2.13. The highest BCUT2D eigenvalue weighted by Gasteiger charge is 2.07. The molecule has 0 radical (unpaired) electrons. The molecule has 0 aliphatic carbocycles. The summed E-state index contributed by atoms with van der Waals surface area (Å²) in [6, 6.07) is 12.5. The van der Waals surface area contributed by atoms with Gasteiger partial charge in [0.05, 0.1) is 6.61 Å². The second-order valence-corrected chi connectivity index (χ2v) is 4.50. The van der Waals surface area contributed by atoms with Gasteiger partial charge in [-0.25, -0.2) is 0 Å². The molecule has 2 aromatic rings. The van der Waals surface area contributed by atoms with Crippen LogP contribution in [0.25, 0.3) is 10.8 Å². The summed E-state index contributed by atoms with van der Waals surface area (Å²) in [6.45, 7) is 2.02. The molecule has 2 aromatic carbocycles. The van der Waals surface area contributed by atoms with Crippen LogP contribution in [0.15, 0.2) is 36.4 Å². The zero-order valence-electron chi connectivity index (χ0n) is 11.4. The minimum Gasteiger partial charge on any atom is -0.493 e. The monoisotopic (exact) mass is 259 g/mol. The summed E-state index contributed by atoms with van der Waals surface area (Å²) in [5, 5.41) is 2.47. The first-order chi connectivity index (χ1) is 9.36. The first-order valence-corrected chi connectivity index (χ1v) is 6.69. The summed E-state index contributed by atoms with van der Waals surface area (Å²) in [5.74, 6) is 0.945. The van der Waals surface area contributed by atoms with Crippen LogP contribution in [0.4, 0.5) is 0 Å². The molecule has 2 rings (SSSR count). The molecular weight excluding hydrogens is 238 g/mol. The van der Waals surface area contributed by atoms with E-state index in [1.807, 2.05) is 12.1 Å². The SMILES string of the molecule is COCCCOc1ccc2ccccc2c1CCN. The van der Waals surface area contributed by atoms with Crippen LogP contribution in [-0.2, 0) is 11.2 Å². The van der Waals surface area contributed by atoms with Crippen LogP contribution < -0.4 is 10.5 Å². The van der Waals surface area contributed by atoms with Crippen molar-refractivity contribution in [2.75, 3.05) is 26.9 Å². The number of benzene rings is 2. The summed E-state index contributed by atoms with van der Waals surface area (Å²) in [6.07, 6.45) is 1.73. The maximum Gasteiger partial charge on any atom is 0.123 e. The van der Waals surface area contributed by atoms with E-state index in [-0.39, 0.29) is 0 Å². The average molecular weight is 259 g/mol. The zero-order valence-corrected chi connectivity index (χ0v) is 11.4. The topological polar surface area (TPSA) is 44.5 Å². The van der Waals surface area contributed by atoms with Crippen LogP contribution in [0.5, 0.6) is 5.75 Å². The second-order valence-electron chi connectivity index (χ2n) is 4.50. The molecule has 3 heteroatoms. The summed E-state index contributed by atoms with van der Waals surface area (Å²) in [7, 11) is 1.70. The summed E-state index contributed by atoms with van der Waals surface area (Å²) in [4.78, 5) is 0. The van der Waals surface area contributed by atoms with E-state index in [0.717, 1.165) is 25.2 Å². The molecule has 0 spiro atoms. The van der Waals surface area contributed by atoms with Crippen molar-refractivity contribution in [2.45, 2.75) is 12.8 Å². The van der Waals surface area contributed by atoms with E-state index in [2.05, 4.69) is 24.3 Å². The quantitative estimate of drug-likeness (QED) is 0.778. The van der Waals surface area contributed by atoms with Crippen LogP contribution in [0.2, 0.25) is 0 Å². The van der Waals surface area contributed by atoms with E-state index in [1.54, 1.807) is 7.11 Å². The first-order valence-electron chi connectivity index (χ1n) is 6.69. The molecule has 3 nitrogen and oxygen atoms in total. The molecule has 0 saturated carbocycles. The number of fused-ring (bicyclic) bond motifs is 1. The fraction of sp³-hybridized carbons (Fsp3) is 0.375.